The van der Waals surface area contributed by atoms with Gasteiger partial charge in [-0.05, 0) is 69.1 Å². The molecule has 0 aliphatic heterocycles. The minimum atomic E-state index is -4.37. The molecule has 1 heterocycles. The molecule has 36 heavy (non-hydrogen) atoms. The number of ether oxygens (including phenoxy) is 1. The number of aryl methyl sites for hydroxylation is 2. The van der Waals surface area contributed by atoms with Gasteiger partial charge in [-0.1, -0.05) is 31.2 Å². The Bertz CT molecular complexity index is 1200. The van der Waals surface area contributed by atoms with Crippen LogP contribution in [0.5, 0.6) is 5.75 Å². The van der Waals surface area contributed by atoms with E-state index < -0.39 is 23.3 Å². The van der Waals surface area contributed by atoms with E-state index in [4.69, 9.17) is 4.74 Å². The van der Waals surface area contributed by atoms with Crippen molar-refractivity contribution in [3.63, 3.8) is 0 Å². The lowest BCUT2D eigenvalue weighted by Gasteiger charge is -2.24. The van der Waals surface area contributed by atoms with E-state index in [0.717, 1.165) is 41.9 Å². The van der Waals surface area contributed by atoms with E-state index in [-0.39, 0.29) is 0 Å². The second-order valence-electron chi connectivity index (χ2n) is 9.45. The standard InChI is InChI=1S/C27H32F3N3O3/c1-6-13-33(16-19-7-12-24(18(2)14-19)36-26(3,4)25(34)35)17-22-15-23(31-32(22)5)20-8-10-21(11-9-20)27(28,29)30/h7-12,14-15H,6,13,16-17H2,1-5H3,(H,34,35). The van der Waals surface area contributed by atoms with E-state index in [2.05, 4.69) is 16.9 Å². The molecule has 0 spiro atoms. The molecule has 0 aliphatic rings. The number of hydrogen-bond donors (Lipinski definition) is 1. The van der Waals surface area contributed by atoms with Crippen molar-refractivity contribution in [2.75, 3.05) is 6.54 Å². The number of alkyl halides is 3. The highest BCUT2D eigenvalue weighted by molar-refractivity contribution is 5.76. The Morgan fingerprint density at radius 2 is 1.75 bits per heavy atom. The Morgan fingerprint density at radius 1 is 1.08 bits per heavy atom. The molecule has 194 valence electrons. The lowest BCUT2D eigenvalue weighted by Crippen LogP contribution is -2.38. The fraction of sp³-hybridized carbons (Fsp3) is 0.407. The van der Waals surface area contributed by atoms with Crippen molar-refractivity contribution in [2.24, 2.45) is 7.05 Å². The molecule has 0 radical (unpaired) electrons. The maximum atomic E-state index is 12.9. The van der Waals surface area contributed by atoms with Gasteiger partial charge in [-0.15, -0.1) is 0 Å². The monoisotopic (exact) mass is 503 g/mol. The van der Waals surface area contributed by atoms with Crippen molar-refractivity contribution in [3.05, 3.63) is 70.9 Å². The van der Waals surface area contributed by atoms with Gasteiger partial charge in [0.15, 0.2) is 5.60 Å². The molecule has 1 N–H and O–H groups in total. The highest BCUT2D eigenvalue weighted by atomic mass is 19.4. The highest BCUT2D eigenvalue weighted by Gasteiger charge is 2.31. The molecule has 0 saturated carbocycles. The summed E-state index contributed by atoms with van der Waals surface area (Å²) in [5, 5.41) is 13.8. The molecule has 0 unspecified atom stereocenters. The first-order chi connectivity index (χ1) is 16.8. The lowest BCUT2D eigenvalue weighted by atomic mass is 10.1. The van der Waals surface area contributed by atoms with Crippen LogP contribution < -0.4 is 4.74 Å². The molecule has 9 heteroatoms. The number of carboxylic acids is 1. The van der Waals surface area contributed by atoms with E-state index in [1.807, 2.05) is 32.2 Å². The third-order valence-electron chi connectivity index (χ3n) is 5.94. The van der Waals surface area contributed by atoms with Crippen molar-refractivity contribution in [1.82, 2.24) is 14.7 Å². The maximum absolute atomic E-state index is 12.9. The Kier molecular flexibility index (Phi) is 8.13. The van der Waals surface area contributed by atoms with Crippen molar-refractivity contribution in [1.29, 1.82) is 0 Å². The van der Waals surface area contributed by atoms with Gasteiger partial charge in [0, 0.05) is 25.7 Å². The number of aliphatic carboxylic acids is 1. The molecule has 6 nitrogen and oxygen atoms in total. The Balaban J connectivity index is 1.75. The van der Waals surface area contributed by atoms with Crippen LogP contribution in [-0.4, -0.2) is 37.9 Å². The van der Waals surface area contributed by atoms with Crippen LogP contribution in [0.4, 0.5) is 13.2 Å². The average Bonchev–Trinajstić information content (AvgIpc) is 3.15. The summed E-state index contributed by atoms with van der Waals surface area (Å²) in [6, 6.07) is 12.6. The second-order valence-corrected chi connectivity index (χ2v) is 9.45. The number of hydrogen-bond acceptors (Lipinski definition) is 4. The minimum Gasteiger partial charge on any atom is -0.478 e. The van der Waals surface area contributed by atoms with Crippen LogP contribution in [0.15, 0.2) is 48.5 Å². The first kappa shape index (κ1) is 27.3. The molecular formula is C27H32F3N3O3. The molecule has 0 bridgehead atoms. The van der Waals surface area contributed by atoms with Gasteiger partial charge < -0.3 is 9.84 Å². The van der Waals surface area contributed by atoms with Gasteiger partial charge in [-0.3, -0.25) is 9.58 Å². The van der Waals surface area contributed by atoms with E-state index in [0.29, 0.717) is 30.1 Å². The van der Waals surface area contributed by atoms with Gasteiger partial charge >= 0.3 is 12.1 Å². The quantitative estimate of drug-likeness (QED) is 0.364. The van der Waals surface area contributed by atoms with Crippen molar-refractivity contribution in [2.45, 2.75) is 59.0 Å². The van der Waals surface area contributed by atoms with Crippen LogP contribution in [-0.2, 0) is 31.1 Å². The topological polar surface area (TPSA) is 67.6 Å². The lowest BCUT2D eigenvalue weighted by molar-refractivity contribution is -0.152. The third-order valence-corrected chi connectivity index (χ3v) is 5.94. The number of rotatable bonds is 10. The van der Waals surface area contributed by atoms with Crippen LogP contribution in [0.3, 0.4) is 0 Å². The van der Waals surface area contributed by atoms with Crippen molar-refractivity contribution in [3.8, 4) is 17.0 Å². The molecule has 0 fully saturated rings. The van der Waals surface area contributed by atoms with Crippen LogP contribution in [0.25, 0.3) is 11.3 Å². The maximum Gasteiger partial charge on any atom is 0.416 e. The van der Waals surface area contributed by atoms with Gasteiger partial charge in [0.1, 0.15) is 5.75 Å². The Morgan fingerprint density at radius 3 is 2.31 bits per heavy atom. The molecule has 1 aromatic heterocycles. The van der Waals surface area contributed by atoms with Gasteiger partial charge in [0.05, 0.1) is 17.0 Å². The van der Waals surface area contributed by atoms with E-state index in [1.54, 1.807) is 10.7 Å². The summed E-state index contributed by atoms with van der Waals surface area (Å²) >= 11 is 0. The summed E-state index contributed by atoms with van der Waals surface area (Å²) in [5.41, 5.74) is 2.09. The van der Waals surface area contributed by atoms with Gasteiger partial charge in [0.25, 0.3) is 0 Å². The van der Waals surface area contributed by atoms with Gasteiger partial charge in [-0.2, -0.15) is 18.3 Å². The Labute approximate surface area is 209 Å². The summed E-state index contributed by atoms with van der Waals surface area (Å²) in [6.07, 6.45) is -3.43. The molecule has 0 amide bonds. The van der Waals surface area contributed by atoms with Gasteiger partial charge in [0.2, 0.25) is 0 Å². The SMILES string of the molecule is CCCN(Cc1ccc(OC(C)(C)C(=O)O)c(C)c1)Cc1cc(-c2ccc(C(F)(F)F)cc2)nn1C. The van der Waals surface area contributed by atoms with Gasteiger partial charge in [-0.25, -0.2) is 4.79 Å². The molecule has 3 aromatic rings. The van der Waals surface area contributed by atoms with Crippen LogP contribution in [0.2, 0.25) is 0 Å². The number of nitrogens with zero attached hydrogens (tertiary/aromatic N) is 3. The predicted octanol–water partition coefficient (Wildman–Crippen LogP) is 6.07. The normalized spacial score (nSPS) is 12.2. The van der Waals surface area contributed by atoms with Crippen LogP contribution in [0.1, 0.15) is 49.6 Å². The van der Waals surface area contributed by atoms with Crippen molar-refractivity contribution < 1.29 is 27.8 Å². The number of carbonyl (C=O) groups is 1. The summed E-state index contributed by atoms with van der Waals surface area (Å²) in [4.78, 5) is 13.7. The molecular weight excluding hydrogens is 471 g/mol. The molecule has 0 aliphatic carbocycles. The smallest absolute Gasteiger partial charge is 0.416 e. The summed E-state index contributed by atoms with van der Waals surface area (Å²) < 4.78 is 46.1. The fourth-order valence-electron chi connectivity index (χ4n) is 3.89. The van der Waals surface area contributed by atoms with E-state index in [9.17, 15) is 23.1 Å². The second kappa shape index (κ2) is 10.7. The molecule has 3 rings (SSSR count). The van der Waals surface area contributed by atoms with Crippen LogP contribution >= 0.6 is 0 Å². The predicted molar refractivity (Wildman–Crippen MR) is 132 cm³/mol. The zero-order chi connectivity index (χ0) is 26.7. The molecule has 2 aromatic carbocycles. The summed E-state index contributed by atoms with van der Waals surface area (Å²) in [7, 11) is 1.83. The van der Waals surface area contributed by atoms with Crippen LogP contribution in [0, 0.1) is 6.92 Å². The number of benzene rings is 2. The van der Waals surface area contributed by atoms with E-state index in [1.165, 1.54) is 26.0 Å². The summed E-state index contributed by atoms with van der Waals surface area (Å²) in [6.45, 7) is 9.12. The minimum absolute atomic E-state index is 0.529. The molecule has 0 atom stereocenters. The average molecular weight is 504 g/mol. The summed E-state index contributed by atoms with van der Waals surface area (Å²) in [5.74, 6) is -0.507. The number of aromatic nitrogens is 2. The Hall–Kier alpha value is -3.33. The number of carboxylic acid groups (broad SMARTS) is 1. The molecule has 0 saturated heterocycles. The highest BCUT2D eigenvalue weighted by Crippen LogP contribution is 2.31. The van der Waals surface area contributed by atoms with Crippen molar-refractivity contribution >= 4 is 5.97 Å². The number of halogens is 3. The first-order valence-corrected chi connectivity index (χ1v) is 11.7. The zero-order valence-electron chi connectivity index (χ0n) is 21.2. The first-order valence-electron chi connectivity index (χ1n) is 11.7. The van der Waals surface area contributed by atoms with E-state index >= 15 is 0 Å². The zero-order valence-corrected chi connectivity index (χ0v) is 21.2. The fourth-order valence-corrected chi connectivity index (χ4v) is 3.89. The largest absolute Gasteiger partial charge is 0.478 e. The third kappa shape index (κ3) is 6.66.